The summed E-state index contributed by atoms with van der Waals surface area (Å²) in [6.45, 7) is 3.24. The highest BCUT2D eigenvalue weighted by Gasteiger charge is 2.30. The molecule has 3 rings (SSSR count). The van der Waals surface area contributed by atoms with Crippen LogP contribution in [0.4, 0.5) is 0 Å². The van der Waals surface area contributed by atoms with Gasteiger partial charge in [0.1, 0.15) is 0 Å². The number of carbonyl (C=O) groups is 1. The fourth-order valence-corrected chi connectivity index (χ4v) is 4.51. The van der Waals surface area contributed by atoms with Gasteiger partial charge >= 0.3 is 0 Å². The van der Waals surface area contributed by atoms with E-state index in [2.05, 4.69) is 0 Å². The molecule has 2 aromatic rings. The predicted molar refractivity (Wildman–Crippen MR) is 97.3 cm³/mol. The molecule has 1 aliphatic heterocycles. The van der Waals surface area contributed by atoms with Crippen molar-refractivity contribution in [2.24, 2.45) is 0 Å². The van der Waals surface area contributed by atoms with Crippen molar-refractivity contribution in [3.63, 3.8) is 0 Å². The number of rotatable bonds is 3. The summed E-state index contributed by atoms with van der Waals surface area (Å²) in [4.78, 5) is 14.4. The Labute approximate surface area is 152 Å². The van der Waals surface area contributed by atoms with Gasteiger partial charge in [-0.3, -0.25) is 4.79 Å². The van der Waals surface area contributed by atoms with E-state index in [1.54, 1.807) is 29.2 Å². The number of halogens is 1. The molecule has 0 bridgehead atoms. The lowest BCUT2D eigenvalue weighted by atomic mass is 10.1. The molecule has 1 heterocycles. The van der Waals surface area contributed by atoms with Gasteiger partial charge in [-0.15, -0.1) is 0 Å². The van der Waals surface area contributed by atoms with E-state index in [9.17, 15) is 13.2 Å². The van der Waals surface area contributed by atoms with E-state index in [1.165, 1.54) is 16.4 Å². The molecular formula is C18H19ClN2O3S. The van der Waals surface area contributed by atoms with Crippen LogP contribution >= 0.6 is 11.6 Å². The van der Waals surface area contributed by atoms with Crippen LogP contribution < -0.4 is 0 Å². The Hall–Kier alpha value is -1.89. The van der Waals surface area contributed by atoms with Crippen LogP contribution in [-0.4, -0.2) is 49.7 Å². The van der Waals surface area contributed by atoms with Crippen molar-refractivity contribution in [3.05, 3.63) is 64.7 Å². The minimum absolute atomic E-state index is 0.0696. The van der Waals surface area contributed by atoms with Crippen molar-refractivity contribution in [2.75, 3.05) is 26.2 Å². The molecule has 0 aliphatic carbocycles. The van der Waals surface area contributed by atoms with Crippen LogP contribution in [0.1, 0.15) is 15.9 Å². The molecule has 1 amide bonds. The highest BCUT2D eigenvalue weighted by Crippen LogP contribution is 2.21. The molecule has 0 saturated carbocycles. The topological polar surface area (TPSA) is 57.7 Å². The number of sulfonamides is 1. The third-order valence-electron chi connectivity index (χ3n) is 4.26. The van der Waals surface area contributed by atoms with Gasteiger partial charge in [0, 0.05) is 36.8 Å². The van der Waals surface area contributed by atoms with Crippen LogP contribution in [0.3, 0.4) is 0 Å². The summed E-state index contributed by atoms with van der Waals surface area (Å²) in [6, 6.07) is 13.6. The van der Waals surface area contributed by atoms with Crippen molar-refractivity contribution in [1.29, 1.82) is 0 Å². The number of hydrogen-bond acceptors (Lipinski definition) is 3. The first-order valence-electron chi connectivity index (χ1n) is 7.99. The van der Waals surface area contributed by atoms with Gasteiger partial charge in [-0.2, -0.15) is 4.31 Å². The second kappa shape index (κ2) is 7.15. The first kappa shape index (κ1) is 17.9. The van der Waals surface area contributed by atoms with Crippen molar-refractivity contribution in [2.45, 2.75) is 11.8 Å². The van der Waals surface area contributed by atoms with Gasteiger partial charge in [-0.05, 0) is 37.3 Å². The third kappa shape index (κ3) is 3.86. The standard InChI is InChI=1S/C18H19ClN2O3S/c1-14-5-7-15(8-6-14)18(22)20-9-11-21(12-10-20)25(23,24)17-4-2-3-16(19)13-17/h2-8,13H,9-12H2,1H3. The summed E-state index contributed by atoms with van der Waals surface area (Å²) in [6.07, 6.45) is 0. The predicted octanol–water partition coefficient (Wildman–Crippen LogP) is 2.80. The lowest BCUT2D eigenvalue weighted by Gasteiger charge is -2.34. The second-order valence-corrected chi connectivity index (χ2v) is 8.39. The van der Waals surface area contributed by atoms with Gasteiger partial charge < -0.3 is 4.90 Å². The number of aryl methyl sites for hydroxylation is 1. The quantitative estimate of drug-likeness (QED) is 0.825. The average Bonchev–Trinajstić information content (AvgIpc) is 2.62. The maximum atomic E-state index is 12.7. The highest BCUT2D eigenvalue weighted by atomic mass is 35.5. The summed E-state index contributed by atoms with van der Waals surface area (Å²) in [5, 5.41) is 0.384. The molecule has 1 fully saturated rings. The molecule has 132 valence electrons. The van der Waals surface area contributed by atoms with Crippen LogP contribution in [-0.2, 0) is 10.0 Å². The van der Waals surface area contributed by atoms with E-state index in [4.69, 9.17) is 11.6 Å². The SMILES string of the molecule is Cc1ccc(C(=O)N2CCN(S(=O)(=O)c3cccc(Cl)c3)CC2)cc1. The highest BCUT2D eigenvalue weighted by molar-refractivity contribution is 7.89. The zero-order valence-corrected chi connectivity index (χ0v) is 15.4. The molecule has 0 atom stereocenters. The fourth-order valence-electron chi connectivity index (χ4n) is 2.79. The van der Waals surface area contributed by atoms with Crippen molar-refractivity contribution in [1.82, 2.24) is 9.21 Å². The van der Waals surface area contributed by atoms with E-state index in [0.29, 0.717) is 23.7 Å². The van der Waals surface area contributed by atoms with E-state index in [-0.39, 0.29) is 23.9 Å². The number of carbonyl (C=O) groups excluding carboxylic acids is 1. The minimum atomic E-state index is -3.59. The summed E-state index contributed by atoms with van der Waals surface area (Å²) in [5.41, 5.74) is 1.71. The van der Waals surface area contributed by atoms with Crippen LogP contribution in [0.2, 0.25) is 5.02 Å². The monoisotopic (exact) mass is 378 g/mol. The lowest BCUT2D eigenvalue weighted by molar-refractivity contribution is 0.0698. The van der Waals surface area contributed by atoms with Crippen molar-refractivity contribution < 1.29 is 13.2 Å². The van der Waals surface area contributed by atoms with E-state index in [1.807, 2.05) is 19.1 Å². The third-order valence-corrected chi connectivity index (χ3v) is 6.39. The number of benzene rings is 2. The average molecular weight is 379 g/mol. The number of piperazine rings is 1. The lowest BCUT2D eigenvalue weighted by Crippen LogP contribution is -2.50. The Morgan fingerprint density at radius 2 is 1.64 bits per heavy atom. The fraction of sp³-hybridized carbons (Fsp3) is 0.278. The molecule has 25 heavy (non-hydrogen) atoms. The van der Waals surface area contributed by atoms with Crippen LogP contribution in [0.25, 0.3) is 0 Å². The molecule has 0 unspecified atom stereocenters. The Morgan fingerprint density at radius 1 is 1.00 bits per heavy atom. The molecule has 0 radical (unpaired) electrons. The number of nitrogens with zero attached hydrogens (tertiary/aromatic N) is 2. The maximum absolute atomic E-state index is 12.7. The Kier molecular flexibility index (Phi) is 5.13. The first-order valence-corrected chi connectivity index (χ1v) is 9.81. The molecule has 0 N–H and O–H groups in total. The summed E-state index contributed by atoms with van der Waals surface area (Å²) in [7, 11) is -3.59. The van der Waals surface area contributed by atoms with Crippen LogP contribution in [0, 0.1) is 6.92 Å². The molecule has 1 saturated heterocycles. The van der Waals surface area contributed by atoms with Gasteiger partial charge in [0.15, 0.2) is 0 Å². The number of hydrogen-bond donors (Lipinski definition) is 0. The van der Waals surface area contributed by atoms with Crippen molar-refractivity contribution in [3.8, 4) is 0 Å². The second-order valence-electron chi connectivity index (χ2n) is 6.02. The summed E-state index contributed by atoms with van der Waals surface area (Å²) >= 11 is 5.90. The van der Waals surface area contributed by atoms with Gasteiger partial charge in [-0.1, -0.05) is 35.4 Å². The van der Waals surface area contributed by atoms with Gasteiger partial charge in [0.2, 0.25) is 10.0 Å². The Morgan fingerprint density at radius 3 is 2.24 bits per heavy atom. The number of amides is 1. The molecule has 5 nitrogen and oxygen atoms in total. The minimum Gasteiger partial charge on any atom is -0.336 e. The van der Waals surface area contributed by atoms with Gasteiger partial charge in [0.25, 0.3) is 5.91 Å². The maximum Gasteiger partial charge on any atom is 0.253 e. The van der Waals surface area contributed by atoms with E-state index in [0.717, 1.165) is 5.56 Å². The molecule has 2 aromatic carbocycles. The summed E-state index contributed by atoms with van der Waals surface area (Å²) in [5.74, 6) is -0.0696. The smallest absolute Gasteiger partial charge is 0.253 e. The Bertz CT molecular complexity index is 873. The largest absolute Gasteiger partial charge is 0.336 e. The zero-order chi connectivity index (χ0) is 18.0. The normalized spacial score (nSPS) is 16.0. The first-order chi connectivity index (χ1) is 11.9. The van der Waals surface area contributed by atoms with Crippen molar-refractivity contribution >= 4 is 27.5 Å². The summed E-state index contributed by atoms with van der Waals surface area (Å²) < 4.78 is 26.8. The molecule has 0 spiro atoms. The van der Waals surface area contributed by atoms with E-state index >= 15 is 0 Å². The van der Waals surface area contributed by atoms with Gasteiger partial charge in [-0.25, -0.2) is 8.42 Å². The molecule has 0 aromatic heterocycles. The van der Waals surface area contributed by atoms with E-state index < -0.39 is 10.0 Å². The zero-order valence-electron chi connectivity index (χ0n) is 13.9. The molecule has 1 aliphatic rings. The van der Waals surface area contributed by atoms with Crippen LogP contribution in [0.15, 0.2) is 53.4 Å². The Balaban J connectivity index is 1.69. The van der Waals surface area contributed by atoms with Gasteiger partial charge in [0.05, 0.1) is 4.90 Å². The molecular weight excluding hydrogens is 360 g/mol. The van der Waals surface area contributed by atoms with Crippen LogP contribution in [0.5, 0.6) is 0 Å². The molecule has 7 heteroatoms.